The molecule has 2 aromatic rings. The number of ether oxygens (including phenoxy) is 1. The van der Waals surface area contributed by atoms with Crippen molar-refractivity contribution >= 4 is 5.91 Å². The van der Waals surface area contributed by atoms with E-state index in [2.05, 4.69) is 66.2 Å². The van der Waals surface area contributed by atoms with Crippen LogP contribution in [0.3, 0.4) is 0 Å². The number of likely N-dealkylation sites (N-methyl/N-ethyl adjacent to an activating group) is 1. The molecule has 0 bridgehead atoms. The summed E-state index contributed by atoms with van der Waals surface area (Å²) in [6.45, 7) is 4.72. The first-order chi connectivity index (χ1) is 13.1. The fraction of sp³-hybridized carbons (Fsp3) is 0.435. The number of amides is 1. The van der Waals surface area contributed by atoms with Gasteiger partial charge in [0.15, 0.2) is 0 Å². The van der Waals surface area contributed by atoms with E-state index in [1.54, 1.807) is 0 Å². The summed E-state index contributed by atoms with van der Waals surface area (Å²) in [7, 11) is 2.13. The van der Waals surface area contributed by atoms with Gasteiger partial charge in [-0.25, -0.2) is 0 Å². The van der Waals surface area contributed by atoms with E-state index >= 15 is 0 Å². The molecule has 0 radical (unpaired) electrons. The smallest absolute Gasteiger partial charge is 0.223 e. The topological polar surface area (TPSA) is 32.8 Å². The van der Waals surface area contributed by atoms with Gasteiger partial charge in [-0.05, 0) is 43.1 Å². The molecule has 2 aliphatic heterocycles. The standard InChI is InChI=1S/C23H28N2O2/c1-17-14-20-15-18(8-10-22(20)27-17)9-11-23(26)25-13-12-24(2)16-21(25)19-6-4-3-5-7-19/h3-8,10,15,17,21H,9,11-14,16H2,1-2H3/t17-,21-/m0/s1. The molecular weight excluding hydrogens is 336 g/mol. The number of carbonyl (C=O) groups is 1. The van der Waals surface area contributed by atoms with Crippen molar-refractivity contribution in [1.82, 2.24) is 9.80 Å². The summed E-state index contributed by atoms with van der Waals surface area (Å²) in [5, 5.41) is 0. The summed E-state index contributed by atoms with van der Waals surface area (Å²) in [5.41, 5.74) is 3.72. The van der Waals surface area contributed by atoms with Crippen molar-refractivity contribution in [3.63, 3.8) is 0 Å². The molecule has 0 aliphatic carbocycles. The van der Waals surface area contributed by atoms with Crippen molar-refractivity contribution in [1.29, 1.82) is 0 Å². The highest BCUT2D eigenvalue weighted by atomic mass is 16.5. The maximum atomic E-state index is 13.0. The van der Waals surface area contributed by atoms with Crippen LogP contribution in [0.15, 0.2) is 48.5 Å². The largest absolute Gasteiger partial charge is 0.490 e. The van der Waals surface area contributed by atoms with Gasteiger partial charge in [-0.1, -0.05) is 42.5 Å². The van der Waals surface area contributed by atoms with Gasteiger partial charge in [0, 0.05) is 32.5 Å². The number of rotatable bonds is 4. The number of piperazine rings is 1. The molecule has 4 rings (SSSR count). The van der Waals surface area contributed by atoms with Crippen LogP contribution in [0.1, 0.15) is 36.1 Å². The zero-order valence-electron chi connectivity index (χ0n) is 16.2. The second-order valence-electron chi connectivity index (χ2n) is 7.85. The Hall–Kier alpha value is -2.33. The van der Waals surface area contributed by atoms with E-state index in [0.717, 1.165) is 38.2 Å². The number of benzene rings is 2. The first-order valence-electron chi connectivity index (χ1n) is 9.91. The molecule has 0 saturated carbocycles. The van der Waals surface area contributed by atoms with Crippen LogP contribution in [0, 0.1) is 0 Å². The van der Waals surface area contributed by atoms with E-state index in [1.165, 1.54) is 16.7 Å². The summed E-state index contributed by atoms with van der Waals surface area (Å²) < 4.78 is 5.78. The Morgan fingerprint density at radius 2 is 1.96 bits per heavy atom. The minimum atomic E-state index is 0.145. The monoisotopic (exact) mass is 364 g/mol. The Balaban J connectivity index is 1.43. The maximum absolute atomic E-state index is 13.0. The van der Waals surface area contributed by atoms with Crippen LogP contribution in [0.5, 0.6) is 5.75 Å². The molecule has 1 amide bonds. The highest BCUT2D eigenvalue weighted by Crippen LogP contribution is 2.30. The molecule has 4 nitrogen and oxygen atoms in total. The van der Waals surface area contributed by atoms with E-state index in [1.807, 2.05) is 6.07 Å². The van der Waals surface area contributed by atoms with Gasteiger partial charge >= 0.3 is 0 Å². The molecule has 142 valence electrons. The molecule has 2 atom stereocenters. The highest BCUT2D eigenvalue weighted by molar-refractivity contribution is 5.77. The molecule has 2 heterocycles. The fourth-order valence-corrected chi connectivity index (χ4v) is 4.20. The zero-order chi connectivity index (χ0) is 18.8. The Morgan fingerprint density at radius 1 is 1.15 bits per heavy atom. The molecule has 4 heteroatoms. The summed E-state index contributed by atoms with van der Waals surface area (Å²) in [4.78, 5) is 17.4. The highest BCUT2D eigenvalue weighted by Gasteiger charge is 2.29. The fourth-order valence-electron chi connectivity index (χ4n) is 4.20. The van der Waals surface area contributed by atoms with Gasteiger partial charge in [-0.3, -0.25) is 4.79 Å². The van der Waals surface area contributed by atoms with Crippen LogP contribution < -0.4 is 4.74 Å². The molecule has 0 N–H and O–H groups in total. The lowest BCUT2D eigenvalue weighted by Crippen LogP contribution is -2.49. The molecule has 0 unspecified atom stereocenters. The summed E-state index contributed by atoms with van der Waals surface area (Å²) >= 11 is 0. The van der Waals surface area contributed by atoms with Crippen LogP contribution in [-0.4, -0.2) is 48.5 Å². The Morgan fingerprint density at radius 3 is 2.78 bits per heavy atom. The predicted molar refractivity (Wildman–Crippen MR) is 107 cm³/mol. The molecular formula is C23H28N2O2. The number of nitrogens with zero attached hydrogens (tertiary/aromatic N) is 2. The number of hydrogen-bond acceptors (Lipinski definition) is 3. The third kappa shape index (κ3) is 4.01. The predicted octanol–water partition coefficient (Wildman–Crippen LogP) is 3.46. The van der Waals surface area contributed by atoms with Crippen molar-refractivity contribution < 1.29 is 9.53 Å². The van der Waals surface area contributed by atoms with Gasteiger partial charge in [0.25, 0.3) is 0 Å². The Bertz CT molecular complexity index is 805. The molecule has 2 aromatic carbocycles. The first kappa shape index (κ1) is 18.1. The van der Waals surface area contributed by atoms with Crippen LogP contribution in [0.2, 0.25) is 0 Å². The number of aryl methyl sites for hydroxylation is 1. The van der Waals surface area contributed by atoms with Crippen LogP contribution in [0.25, 0.3) is 0 Å². The van der Waals surface area contributed by atoms with E-state index in [-0.39, 0.29) is 18.1 Å². The minimum absolute atomic E-state index is 0.145. The van der Waals surface area contributed by atoms with Gasteiger partial charge in [0.05, 0.1) is 6.04 Å². The minimum Gasteiger partial charge on any atom is -0.490 e. The third-order valence-corrected chi connectivity index (χ3v) is 5.68. The number of hydrogen-bond donors (Lipinski definition) is 0. The van der Waals surface area contributed by atoms with Crippen molar-refractivity contribution in [3.8, 4) is 5.75 Å². The lowest BCUT2D eigenvalue weighted by molar-refractivity contribution is -0.136. The van der Waals surface area contributed by atoms with Gasteiger partial charge in [0.1, 0.15) is 11.9 Å². The van der Waals surface area contributed by atoms with Gasteiger partial charge in [-0.15, -0.1) is 0 Å². The lowest BCUT2D eigenvalue weighted by atomic mass is 10.0. The second-order valence-corrected chi connectivity index (χ2v) is 7.85. The Labute approximate surface area is 161 Å². The summed E-state index contributed by atoms with van der Waals surface area (Å²) in [6, 6.07) is 16.9. The molecule has 27 heavy (non-hydrogen) atoms. The van der Waals surface area contributed by atoms with E-state index < -0.39 is 0 Å². The molecule has 1 fully saturated rings. The van der Waals surface area contributed by atoms with E-state index in [9.17, 15) is 4.79 Å². The quantitative estimate of drug-likeness (QED) is 0.833. The first-order valence-corrected chi connectivity index (χ1v) is 9.91. The van der Waals surface area contributed by atoms with E-state index in [0.29, 0.717) is 6.42 Å². The van der Waals surface area contributed by atoms with Gasteiger partial charge in [-0.2, -0.15) is 0 Å². The average Bonchev–Trinajstić information content (AvgIpc) is 3.06. The maximum Gasteiger partial charge on any atom is 0.223 e. The van der Waals surface area contributed by atoms with Crippen molar-refractivity contribution in [2.24, 2.45) is 0 Å². The normalized spacial score (nSPS) is 22.4. The SMILES string of the molecule is C[C@H]1Cc2cc(CCC(=O)N3CCN(C)C[C@H]3c3ccccc3)ccc2O1. The van der Waals surface area contributed by atoms with Gasteiger partial charge in [0.2, 0.25) is 5.91 Å². The van der Waals surface area contributed by atoms with E-state index in [4.69, 9.17) is 4.74 Å². The zero-order valence-corrected chi connectivity index (χ0v) is 16.2. The van der Waals surface area contributed by atoms with Crippen LogP contribution >= 0.6 is 0 Å². The molecule has 0 spiro atoms. The lowest BCUT2D eigenvalue weighted by Gasteiger charge is -2.40. The van der Waals surface area contributed by atoms with Crippen LogP contribution in [-0.2, 0) is 17.6 Å². The van der Waals surface area contributed by atoms with Crippen molar-refractivity contribution in [2.45, 2.75) is 38.3 Å². The summed E-state index contributed by atoms with van der Waals surface area (Å²) in [6.07, 6.45) is 2.57. The average molecular weight is 364 g/mol. The number of fused-ring (bicyclic) bond motifs is 1. The van der Waals surface area contributed by atoms with Crippen LogP contribution in [0.4, 0.5) is 0 Å². The summed E-state index contributed by atoms with van der Waals surface area (Å²) in [5.74, 6) is 1.25. The van der Waals surface area contributed by atoms with Crippen molar-refractivity contribution in [3.05, 3.63) is 65.2 Å². The molecule has 1 saturated heterocycles. The number of carbonyl (C=O) groups excluding carboxylic acids is 1. The second kappa shape index (κ2) is 7.73. The van der Waals surface area contributed by atoms with Crippen molar-refractivity contribution in [2.75, 3.05) is 26.7 Å². The third-order valence-electron chi connectivity index (χ3n) is 5.68. The Kier molecular flexibility index (Phi) is 5.17. The molecule has 0 aromatic heterocycles. The molecule has 2 aliphatic rings. The van der Waals surface area contributed by atoms with Gasteiger partial charge < -0.3 is 14.5 Å².